The molecule has 8 heavy (non-hydrogen) atoms. The quantitative estimate of drug-likeness (QED) is 0.391. The maximum atomic E-state index is 4.28. The normalized spacial score (nSPS) is 30.0. The van der Waals surface area contributed by atoms with Crippen LogP contribution in [0, 0.1) is 0 Å². The van der Waals surface area contributed by atoms with Crippen molar-refractivity contribution < 1.29 is 0 Å². The van der Waals surface area contributed by atoms with Gasteiger partial charge in [0.2, 0.25) is 0 Å². The van der Waals surface area contributed by atoms with Gasteiger partial charge in [0.1, 0.15) is 0 Å². The van der Waals surface area contributed by atoms with Crippen molar-refractivity contribution in [2.75, 3.05) is 11.5 Å². The van der Waals surface area contributed by atoms with Gasteiger partial charge in [-0.1, -0.05) is 0 Å². The van der Waals surface area contributed by atoms with Crippen LogP contribution in [0.25, 0.3) is 0 Å². The molecule has 1 saturated heterocycles. The van der Waals surface area contributed by atoms with E-state index in [2.05, 4.69) is 25.3 Å². The molecule has 1 fully saturated rings. The molecule has 0 spiro atoms. The van der Waals surface area contributed by atoms with Gasteiger partial charge in [0.05, 0.1) is 9.16 Å². The summed E-state index contributed by atoms with van der Waals surface area (Å²) in [5, 5.41) is 0. The van der Waals surface area contributed by atoms with Gasteiger partial charge < -0.3 is 0 Å². The van der Waals surface area contributed by atoms with Gasteiger partial charge in [-0.2, -0.15) is 25.3 Å². The molecule has 0 radical (unpaired) electrons. The average molecular weight is 184 g/mol. The van der Waals surface area contributed by atoms with Crippen LogP contribution in [0.3, 0.4) is 0 Å². The highest BCUT2D eigenvalue weighted by molar-refractivity contribution is 8.26. The average Bonchev–Trinajstić information content (AvgIpc) is 2.50. The highest BCUT2D eigenvalue weighted by Crippen LogP contribution is 2.43. The van der Waals surface area contributed by atoms with E-state index in [0.717, 1.165) is 10.3 Å². The molecule has 0 aromatic rings. The second-order valence-electron chi connectivity index (χ2n) is 1.54. The Kier molecular flexibility index (Phi) is 3.32. The van der Waals surface area contributed by atoms with Crippen LogP contribution in [0.2, 0.25) is 0 Å². The minimum absolute atomic E-state index is 0.443. The van der Waals surface area contributed by atoms with E-state index in [9.17, 15) is 0 Å². The molecule has 0 aromatic heterocycles. The van der Waals surface area contributed by atoms with Crippen molar-refractivity contribution in [1.82, 2.24) is 0 Å². The molecule has 0 aliphatic carbocycles. The van der Waals surface area contributed by atoms with E-state index in [-0.39, 0.29) is 0 Å². The minimum atomic E-state index is 0.443. The van der Waals surface area contributed by atoms with Crippen molar-refractivity contribution >= 4 is 48.8 Å². The van der Waals surface area contributed by atoms with Crippen LogP contribution in [-0.4, -0.2) is 20.7 Å². The monoisotopic (exact) mass is 184 g/mol. The topological polar surface area (TPSA) is 0 Å². The lowest BCUT2D eigenvalue weighted by Gasteiger charge is -2.01. The molecule has 0 bridgehead atoms. The first kappa shape index (κ1) is 7.51. The van der Waals surface area contributed by atoms with Crippen molar-refractivity contribution in [3.05, 3.63) is 0 Å². The molecule has 1 aliphatic heterocycles. The third kappa shape index (κ3) is 2.80. The first-order chi connectivity index (χ1) is 3.83. The van der Waals surface area contributed by atoms with Crippen LogP contribution in [0.5, 0.6) is 0 Å². The number of thiol groups is 2. The molecule has 48 valence electrons. The molecule has 0 amide bonds. The predicted octanol–water partition coefficient (Wildman–Crippen LogP) is 1.98. The van der Waals surface area contributed by atoms with Gasteiger partial charge in [0.15, 0.2) is 0 Å². The summed E-state index contributed by atoms with van der Waals surface area (Å²) in [5.74, 6) is 2.19. The number of hydrogen-bond acceptors (Lipinski definition) is 4. The summed E-state index contributed by atoms with van der Waals surface area (Å²) in [4.78, 5) is 0. The molecule has 0 saturated carbocycles. The van der Waals surface area contributed by atoms with Crippen molar-refractivity contribution in [1.29, 1.82) is 0 Å². The lowest BCUT2D eigenvalue weighted by Crippen LogP contribution is -1.94. The van der Waals surface area contributed by atoms with Crippen LogP contribution in [0.15, 0.2) is 0 Å². The first-order valence-electron chi connectivity index (χ1n) is 2.39. The third-order valence-corrected chi connectivity index (χ3v) is 4.76. The number of hydrogen-bond donors (Lipinski definition) is 2. The van der Waals surface area contributed by atoms with Crippen molar-refractivity contribution in [2.24, 2.45) is 0 Å². The van der Waals surface area contributed by atoms with Crippen LogP contribution >= 0.6 is 48.8 Å². The van der Waals surface area contributed by atoms with Crippen LogP contribution in [-0.2, 0) is 0 Å². The summed E-state index contributed by atoms with van der Waals surface area (Å²) >= 11 is 12.3. The summed E-state index contributed by atoms with van der Waals surface area (Å²) in [5.41, 5.74) is 0. The van der Waals surface area contributed by atoms with E-state index >= 15 is 0 Å². The summed E-state index contributed by atoms with van der Waals surface area (Å²) in [6.07, 6.45) is 0. The third-order valence-electron chi connectivity index (χ3n) is 0.768. The smallest absolute Gasteiger partial charge is 0.0605 e. The molecular weight excluding hydrogens is 176 g/mol. The van der Waals surface area contributed by atoms with Gasteiger partial charge in [-0.25, -0.2) is 0 Å². The Balaban J connectivity index is 1.98. The molecule has 1 heterocycles. The molecule has 4 heteroatoms. The Labute approximate surface area is 69.4 Å². The number of rotatable bonds is 3. The predicted molar refractivity (Wildman–Crippen MR) is 50.5 cm³/mol. The van der Waals surface area contributed by atoms with Gasteiger partial charge in [-0.05, 0) is 0 Å². The fourth-order valence-corrected chi connectivity index (χ4v) is 3.06. The zero-order valence-corrected chi connectivity index (χ0v) is 7.70. The highest BCUT2D eigenvalue weighted by atomic mass is 32.2. The highest BCUT2D eigenvalue weighted by Gasteiger charge is 2.24. The molecule has 0 aromatic carbocycles. The molecule has 1 rings (SSSR count). The number of thioether (sulfide) groups is 2. The van der Waals surface area contributed by atoms with E-state index < -0.39 is 0 Å². The van der Waals surface area contributed by atoms with Crippen molar-refractivity contribution in [2.45, 2.75) is 9.16 Å². The maximum Gasteiger partial charge on any atom is 0.0605 e. The van der Waals surface area contributed by atoms with Gasteiger partial charge in [-0.3, -0.25) is 0 Å². The van der Waals surface area contributed by atoms with Gasteiger partial charge in [0, 0.05) is 11.5 Å². The second-order valence-corrected chi connectivity index (χ2v) is 5.82. The van der Waals surface area contributed by atoms with E-state index in [1.54, 1.807) is 0 Å². The molecule has 2 atom stereocenters. The standard InChI is InChI=1S/C4H8S4/c5-1-3(6)8-4-2-7-4/h3-6H,1-2H2. The van der Waals surface area contributed by atoms with Crippen LogP contribution in [0.4, 0.5) is 0 Å². The Morgan fingerprint density at radius 1 is 1.88 bits per heavy atom. The molecule has 1 aliphatic rings. The molecule has 2 unspecified atom stereocenters. The largest absolute Gasteiger partial charge is 0.177 e. The van der Waals surface area contributed by atoms with Crippen LogP contribution in [0.1, 0.15) is 0 Å². The fraction of sp³-hybridized carbons (Fsp3) is 1.00. The van der Waals surface area contributed by atoms with E-state index in [4.69, 9.17) is 0 Å². The summed E-state index contributed by atoms with van der Waals surface area (Å²) < 4.78 is 1.28. The summed E-state index contributed by atoms with van der Waals surface area (Å²) in [6.45, 7) is 0. The van der Waals surface area contributed by atoms with Gasteiger partial charge in [0.25, 0.3) is 0 Å². The Hall–Kier alpha value is 1.40. The summed E-state index contributed by atoms with van der Waals surface area (Å²) in [6, 6.07) is 0. The zero-order chi connectivity index (χ0) is 5.98. The Morgan fingerprint density at radius 2 is 2.50 bits per heavy atom. The maximum absolute atomic E-state index is 4.28. The zero-order valence-electron chi connectivity index (χ0n) is 4.28. The Morgan fingerprint density at radius 3 is 2.88 bits per heavy atom. The lowest BCUT2D eigenvalue weighted by atomic mass is 10.9. The van der Waals surface area contributed by atoms with Crippen molar-refractivity contribution in [3.8, 4) is 0 Å². The van der Waals surface area contributed by atoms with E-state index in [0.29, 0.717) is 4.58 Å². The Bertz CT molecular complexity index is 70.4. The van der Waals surface area contributed by atoms with Crippen molar-refractivity contribution in [3.63, 3.8) is 0 Å². The minimum Gasteiger partial charge on any atom is -0.177 e. The van der Waals surface area contributed by atoms with E-state index in [1.165, 1.54) is 5.75 Å². The van der Waals surface area contributed by atoms with Gasteiger partial charge >= 0.3 is 0 Å². The van der Waals surface area contributed by atoms with Gasteiger partial charge in [-0.15, -0.1) is 23.5 Å². The van der Waals surface area contributed by atoms with Crippen LogP contribution < -0.4 is 0 Å². The second kappa shape index (κ2) is 3.54. The SMILES string of the molecule is SCC(S)SC1CS1. The fourth-order valence-electron chi connectivity index (χ4n) is 0.336. The lowest BCUT2D eigenvalue weighted by molar-refractivity contribution is 1.45. The molecule has 0 N–H and O–H groups in total. The first-order valence-corrected chi connectivity index (χ1v) is 5.53. The molecule has 0 nitrogen and oxygen atoms in total. The van der Waals surface area contributed by atoms with E-state index in [1.807, 2.05) is 23.5 Å². The summed E-state index contributed by atoms with van der Waals surface area (Å²) in [7, 11) is 0. The molecular formula is C4H8S4.